The lowest BCUT2D eigenvalue weighted by atomic mass is 10.1. The van der Waals surface area contributed by atoms with Crippen molar-refractivity contribution >= 4 is 5.91 Å². The van der Waals surface area contributed by atoms with Gasteiger partial charge in [0.15, 0.2) is 0 Å². The summed E-state index contributed by atoms with van der Waals surface area (Å²) in [6.45, 7) is 8.36. The van der Waals surface area contributed by atoms with Crippen LogP contribution in [0.3, 0.4) is 0 Å². The number of amides is 1. The molecule has 0 saturated carbocycles. The number of rotatable bonds is 2. The summed E-state index contributed by atoms with van der Waals surface area (Å²) < 4.78 is 0. The van der Waals surface area contributed by atoms with Crippen molar-refractivity contribution in [3.8, 4) is 6.07 Å². The molecule has 0 aromatic rings. The van der Waals surface area contributed by atoms with E-state index in [-0.39, 0.29) is 11.9 Å². The molecule has 0 radical (unpaired) electrons. The Kier molecular flexibility index (Phi) is 4.10. The van der Waals surface area contributed by atoms with E-state index < -0.39 is 0 Å². The van der Waals surface area contributed by atoms with Gasteiger partial charge in [0.1, 0.15) is 0 Å². The molecule has 1 fully saturated rings. The smallest absolute Gasteiger partial charge is 0.219 e. The fourth-order valence-corrected chi connectivity index (χ4v) is 2.04. The third-order valence-electron chi connectivity index (χ3n) is 2.98. The Bertz CT molecular complexity index is 269. The highest BCUT2D eigenvalue weighted by Gasteiger charge is 2.29. The Hall–Kier alpha value is -1.08. The summed E-state index contributed by atoms with van der Waals surface area (Å²) in [4.78, 5) is 15.5. The quantitative estimate of drug-likeness (QED) is 0.677. The molecule has 1 aliphatic rings. The molecule has 84 valence electrons. The van der Waals surface area contributed by atoms with Gasteiger partial charge in [-0.2, -0.15) is 5.26 Å². The van der Waals surface area contributed by atoms with E-state index in [2.05, 4.69) is 24.8 Å². The molecular formula is C11H19N3O. The van der Waals surface area contributed by atoms with E-state index in [4.69, 9.17) is 5.26 Å². The molecule has 1 saturated heterocycles. The zero-order valence-corrected chi connectivity index (χ0v) is 9.73. The van der Waals surface area contributed by atoms with E-state index in [1.807, 2.05) is 4.90 Å². The van der Waals surface area contributed by atoms with Gasteiger partial charge in [0.25, 0.3) is 0 Å². The maximum Gasteiger partial charge on any atom is 0.219 e. The van der Waals surface area contributed by atoms with E-state index in [1.54, 1.807) is 6.92 Å². The SMILES string of the molecule is CC(=O)N1CCN(C(C)C)CC1CC#N. The van der Waals surface area contributed by atoms with Gasteiger partial charge in [0.05, 0.1) is 18.5 Å². The van der Waals surface area contributed by atoms with Crippen LogP contribution in [-0.4, -0.2) is 47.4 Å². The monoisotopic (exact) mass is 209 g/mol. The number of carbonyl (C=O) groups is 1. The molecule has 4 heteroatoms. The maximum atomic E-state index is 11.4. The average molecular weight is 209 g/mol. The van der Waals surface area contributed by atoms with Crippen molar-refractivity contribution in [2.24, 2.45) is 0 Å². The number of hydrogen-bond donors (Lipinski definition) is 0. The van der Waals surface area contributed by atoms with Crippen molar-refractivity contribution < 1.29 is 4.79 Å². The second-order valence-corrected chi connectivity index (χ2v) is 4.32. The van der Waals surface area contributed by atoms with Gasteiger partial charge in [-0.3, -0.25) is 9.69 Å². The van der Waals surface area contributed by atoms with Crippen LogP contribution in [0.2, 0.25) is 0 Å². The second kappa shape index (κ2) is 5.13. The summed E-state index contributed by atoms with van der Waals surface area (Å²) >= 11 is 0. The van der Waals surface area contributed by atoms with Crippen LogP contribution < -0.4 is 0 Å². The van der Waals surface area contributed by atoms with Crippen molar-refractivity contribution in [2.45, 2.75) is 39.3 Å². The first-order valence-electron chi connectivity index (χ1n) is 5.44. The van der Waals surface area contributed by atoms with Gasteiger partial charge < -0.3 is 4.90 Å². The van der Waals surface area contributed by atoms with Crippen molar-refractivity contribution in [1.29, 1.82) is 5.26 Å². The Balaban J connectivity index is 2.65. The molecule has 1 rings (SSSR count). The lowest BCUT2D eigenvalue weighted by Crippen LogP contribution is -2.56. The number of hydrogen-bond acceptors (Lipinski definition) is 3. The van der Waals surface area contributed by atoms with Crippen LogP contribution >= 0.6 is 0 Å². The predicted octanol–water partition coefficient (Wildman–Crippen LogP) is 0.841. The third-order valence-corrected chi connectivity index (χ3v) is 2.98. The molecular weight excluding hydrogens is 190 g/mol. The minimum atomic E-state index is 0.0728. The van der Waals surface area contributed by atoms with Crippen LogP contribution in [0.4, 0.5) is 0 Å². The van der Waals surface area contributed by atoms with E-state index in [0.717, 1.165) is 19.6 Å². The Morgan fingerprint density at radius 2 is 2.20 bits per heavy atom. The van der Waals surface area contributed by atoms with E-state index >= 15 is 0 Å². The van der Waals surface area contributed by atoms with Gasteiger partial charge in [0, 0.05) is 32.6 Å². The third kappa shape index (κ3) is 2.93. The first-order chi connectivity index (χ1) is 7.06. The molecule has 4 nitrogen and oxygen atoms in total. The molecule has 1 heterocycles. The van der Waals surface area contributed by atoms with E-state index in [1.165, 1.54) is 0 Å². The van der Waals surface area contributed by atoms with E-state index in [0.29, 0.717) is 12.5 Å². The molecule has 0 bridgehead atoms. The molecule has 0 aromatic heterocycles. The van der Waals surface area contributed by atoms with Crippen LogP contribution in [0.15, 0.2) is 0 Å². The number of piperazine rings is 1. The predicted molar refractivity (Wildman–Crippen MR) is 58.1 cm³/mol. The number of nitrogens with zero attached hydrogens (tertiary/aromatic N) is 3. The topological polar surface area (TPSA) is 47.3 Å². The first-order valence-corrected chi connectivity index (χ1v) is 5.44. The van der Waals surface area contributed by atoms with Crippen LogP contribution in [0.5, 0.6) is 0 Å². The second-order valence-electron chi connectivity index (χ2n) is 4.32. The Morgan fingerprint density at radius 1 is 1.53 bits per heavy atom. The highest BCUT2D eigenvalue weighted by atomic mass is 16.2. The zero-order valence-electron chi connectivity index (χ0n) is 9.73. The summed E-state index contributed by atoms with van der Waals surface area (Å²) in [7, 11) is 0. The lowest BCUT2D eigenvalue weighted by molar-refractivity contribution is -0.134. The zero-order chi connectivity index (χ0) is 11.4. The van der Waals surface area contributed by atoms with Crippen molar-refractivity contribution in [3.63, 3.8) is 0 Å². The standard InChI is InChI=1S/C11H19N3O/c1-9(2)13-6-7-14(10(3)15)11(8-13)4-5-12/h9,11H,4,6-8H2,1-3H3. The minimum absolute atomic E-state index is 0.0728. The lowest BCUT2D eigenvalue weighted by Gasteiger charge is -2.42. The highest BCUT2D eigenvalue weighted by molar-refractivity contribution is 5.73. The average Bonchev–Trinajstić information content (AvgIpc) is 2.17. The largest absolute Gasteiger partial charge is 0.336 e. The maximum absolute atomic E-state index is 11.4. The fraction of sp³-hybridized carbons (Fsp3) is 0.818. The van der Waals surface area contributed by atoms with Gasteiger partial charge in [-0.25, -0.2) is 0 Å². The summed E-state index contributed by atoms with van der Waals surface area (Å²) in [6, 6.07) is 2.72. The molecule has 0 spiro atoms. The summed E-state index contributed by atoms with van der Waals surface area (Å²) in [5.74, 6) is 0.0821. The van der Waals surface area contributed by atoms with Crippen molar-refractivity contribution in [2.75, 3.05) is 19.6 Å². The minimum Gasteiger partial charge on any atom is -0.336 e. The number of nitriles is 1. The first kappa shape index (κ1) is 12.0. The summed E-state index contributed by atoms with van der Waals surface area (Å²) in [6.07, 6.45) is 0.433. The molecule has 1 atom stereocenters. The van der Waals surface area contributed by atoms with Gasteiger partial charge >= 0.3 is 0 Å². The molecule has 1 amide bonds. The number of carbonyl (C=O) groups excluding carboxylic acids is 1. The summed E-state index contributed by atoms with van der Waals surface area (Å²) in [5.41, 5.74) is 0. The van der Waals surface area contributed by atoms with Crippen molar-refractivity contribution in [3.05, 3.63) is 0 Å². The molecule has 0 aromatic carbocycles. The normalized spacial score (nSPS) is 22.9. The van der Waals surface area contributed by atoms with Gasteiger partial charge in [-0.15, -0.1) is 0 Å². The summed E-state index contributed by atoms with van der Waals surface area (Å²) in [5, 5.41) is 8.74. The molecule has 1 unspecified atom stereocenters. The Labute approximate surface area is 91.5 Å². The Morgan fingerprint density at radius 3 is 2.67 bits per heavy atom. The van der Waals surface area contributed by atoms with Crippen molar-refractivity contribution in [1.82, 2.24) is 9.80 Å². The van der Waals surface area contributed by atoms with Crippen LogP contribution in [0.1, 0.15) is 27.2 Å². The molecule has 0 aliphatic carbocycles. The van der Waals surface area contributed by atoms with E-state index in [9.17, 15) is 4.79 Å². The van der Waals surface area contributed by atoms with Gasteiger partial charge in [0.2, 0.25) is 5.91 Å². The molecule has 15 heavy (non-hydrogen) atoms. The van der Waals surface area contributed by atoms with Gasteiger partial charge in [-0.05, 0) is 13.8 Å². The molecule has 1 aliphatic heterocycles. The highest BCUT2D eigenvalue weighted by Crippen LogP contribution is 2.14. The molecule has 0 N–H and O–H groups in total. The van der Waals surface area contributed by atoms with Crippen LogP contribution in [0.25, 0.3) is 0 Å². The van der Waals surface area contributed by atoms with Crippen LogP contribution in [0, 0.1) is 11.3 Å². The van der Waals surface area contributed by atoms with Gasteiger partial charge in [-0.1, -0.05) is 0 Å². The van der Waals surface area contributed by atoms with Crippen LogP contribution in [-0.2, 0) is 4.79 Å². The fourth-order valence-electron chi connectivity index (χ4n) is 2.04.